The van der Waals surface area contributed by atoms with E-state index in [4.69, 9.17) is 4.42 Å². The summed E-state index contributed by atoms with van der Waals surface area (Å²) < 4.78 is 7.44. The molecule has 1 heterocycles. The lowest BCUT2D eigenvalue weighted by atomic mass is 10.3. The molecule has 4 heteroatoms. The van der Waals surface area contributed by atoms with Gasteiger partial charge in [0, 0.05) is 10.2 Å². The molecule has 2 aromatic rings. The third-order valence-electron chi connectivity index (χ3n) is 1.94. The molecule has 0 radical (unpaired) electrons. The second-order valence-electron chi connectivity index (χ2n) is 3.07. The fourth-order valence-electron chi connectivity index (χ4n) is 1.20. The van der Waals surface area contributed by atoms with E-state index in [0.29, 0.717) is 6.54 Å². The molecule has 1 N–H and O–H groups in total. The first kappa shape index (κ1) is 11.0. The van der Waals surface area contributed by atoms with Gasteiger partial charge >= 0.3 is 0 Å². The molecule has 78 valence electrons. The van der Waals surface area contributed by atoms with E-state index in [2.05, 4.69) is 43.8 Å². The topological polar surface area (TPSA) is 25.2 Å². The van der Waals surface area contributed by atoms with Gasteiger partial charge in [0.15, 0.2) is 3.77 Å². The molecule has 0 aliphatic rings. The largest absolute Gasteiger partial charge is 0.454 e. The molecule has 15 heavy (non-hydrogen) atoms. The number of anilines is 1. The summed E-state index contributed by atoms with van der Waals surface area (Å²) in [6.45, 7) is 0.713. The van der Waals surface area contributed by atoms with Gasteiger partial charge in [0.2, 0.25) is 0 Å². The summed E-state index contributed by atoms with van der Waals surface area (Å²) in [4.78, 5) is 0. The van der Waals surface area contributed by atoms with E-state index in [0.717, 1.165) is 19.7 Å². The molecule has 0 bridgehead atoms. The van der Waals surface area contributed by atoms with E-state index < -0.39 is 0 Å². The van der Waals surface area contributed by atoms with Gasteiger partial charge in [0.25, 0.3) is 0 Å². The van der Waals surface area contributed by atoms with Crippen molar-refractivity contribution in [3.05, 3.63) is 50.4 Å². The Kier molecular flexibility index (Phi) is 3.69. The van der Waals surface area contributed by atoms with E-state index in [9.17, 15) is 0 Å². The van der Waals surface area contributed by atoms with Gasteiger partial charge in [-0.15, -0.1) is 0 Å². The average molecular weight is 378 g/mol. The van der Waals surface area contributed by atoms with Crippen LogP contribution in [0.3, 0.4) is 0 Å². The Morgan fingerprint density at radius 3 is 2.47 bits per heavy atom. The molecule has 2 nitrogen and oxygen atoms in total. The molecule has 0 saturated heterocycles. The molecule has 0 aliphatic heterocycles. The minimum absolute atomic E-state index is 0.713. The predicted molar refractivity (Wildman–Crippen MR) is 72.9 cm³/mol. The van der Waals surface area contributed by atoms with Gasteiger partial charge in [-0.1, -0.05) is 15.9 Å². The maximum Gasteiger partial charge on any atom is 0.164 e. The number of benzene rings is 1. The van der Waals surface area contributed by atoms with Crippen molar-refractivity contribution >= 4 is 44.2 Å². The number of hydrogen-bond donors (Lipinski definition) is 1. The predicted octanol–water partition coefficient (Wildman–Crippen LogP) is 4.26. The van der Waals surface area contributed by atoms with Crippen LogP contribution in [0.15, 0.2) is 45.3 Å². The van der Waals surface area contributed by atoms with E-state index in [1.807, 2.05) is 36.4 Å². The van der Waals surface area contributed by atoms with Gasteiger partial charge in [0.05, 0.1) is 6.54 Å². The van der Waals surface area contributed by atoms with Crippen LogP contribution in [0.4, 0.5) is 5.69 Å². The standard InChI is InChI=1S/C11H9BrINO/c12-8-1-3-9(4-2-8)14-7-10-5-6-11(13)15-10/h1-6,14H,7H2. The van der Waals surface area contributed by atoms with E-state index in [1.165, 1.54) is 0 Å². The number of halogens is 2. The summed E-state index contributed by atoms with van der Waals surface area (Å²) in [5.74, 6) is 0.947. The molecule has 0 aliphatic carbocycles. The van der Waals surface area contributed by atoms with Gasteiger partial charge in [-0.05, 0) is 59.0 Å². The van der Waals surface area contributed by atoms with Gasteiger partial charge in [0.1, 0.15) is 5.76 Å². The molecular weight excluding hydrogens is 369 g/mol. The van der Waals surface area contributed by atoms with E-state index in [-0.39, 0.29) is 0 Å². The lowest BCUT2D eigenvalue weighted by Crippen LogP contribution is -1.97. The zero-order valence-electron chi connectivity index (χ0n) is 7.84. The lowest BCUT2D eigenvalue weighted by Gasteiger charge is -2.03. The highest BCUT2D eigenvalue weighted by Crippen LogP contribution is 2.16. The summed E-state index contributed by atoms with van der Waals surface area (Å²) >= 11 is 5.56. The smallest absolute Gasteiger partial charge is 0.164 e. The van der Waals surface area contributed by atoms with Crippen molar-refractivity contribution in [1.82, 2.24) is 0 Å². The van der Waals surface area contributed by atoms with Crippen molar-refractivity contribution in [2.24, 2.45) is 0 Å². The number of hydrogen-bond acceptors (Lipinski definition) is 2. The van der Waals surface area contributed by atoms with Crippen LogP contribution in [-0.2, 0) is 6.54 Å². The van der Waals surface area contributed by atoms with Crippen molar-refractivity contribution < 1.29 is 4.42 Å². The summed E-state index contributed by atoms with van der Waals surface area (Å²) in [7, 11) is 0. The Labute approximate surface area is 110 Å². The van der Waals surface area contributed by atoms with Crippen LogP contribution in [0.5, 0.6) is 0 Å². The lowest BCUT2D eigenvalue weighted by molar-refractivity contribution is 0.493. The second-order valence-corrected chi connectivity index (χ2v) is 5.05. The second kappa shape index (κ2) is 5.03. The van der Waals surface area contributed by atoms with Crippen molar-refractivity contribution in [1.29, 1.82) is 0 Å². The summed E-state index contributed by atoms with van der Waals surface area (Å²) in [5.41, 5.74) is 1.09. The fourth-order valence-corrected chi connectivity index (χ4v) is 1.93. The maximum atomic E-state index is 5.44. The quantitative estimate of drug-likeness (QED) is 0.808. The van der Waals surface area contributed by atoms with Crippen LogP contribution in [-0.4, -0.2) is 0 Å². The highest BCUT2D eigenvalue weighted by Gasteiger charge is 1.98. The summed E-state index contributed by atoms with van der Waals surface area (Å²) in [5, 5.41) is 3.28. The molecule has 1 aromatic heterocycles. The number of nitrogens with one attached hydrogen (secondary N) is 1. The highest BCUT2D eigenvalue weighted by atomic mass is 127. The SMILES string of the molecule is Brc1ccc(NCc2ccc(I)o2)cc1. The molecule has 0 atom stereocenters. The van der Waals surface area contributed by atoms with Gasteiger partial charge in [-0.3, -0.25) is 0 Å². The van der Waals surface area contributed by atoms with E-state index >= 15 is 0 Å². The molecule has 0 unspecified atom stereocenters. The van der Waals surface area contributed by atoms with Crippen LogP contribution in [0.25, 0.3) is 0 Å². The summed E-state index contributed by atoms with van der Waals surface area (Å²) in [6.07, 6.45) is 0. The Bertz CT molecular complexity index is 438. The fraction of sp³-hybridized carbons (Fsp3) is 0.0909. The van der Waals surface area contributed by atoms with Crippen LogP contribution < -0.4 is 5.32 Å². The van der Waals surface area contributed by atoms with Gasteiger partial charge in [-0.2, -0.15) is 0 Å². The van der Waals surface area contributed by atoms with Crippen LogP contribution in [0.2, 0.25) is 0 Å². The molecule has 0 saturated carbocycles. The first-order chi connectivity index (χ1) is 7.24. The van der Waals surface area contributed by atoms with Crippen LogP contribution in [0, 0.1) is 3.77 Å². The van der Waals surface area contributed by atoms with Gasteiger partial charge in [-0.25, -0.2) is 0 Å². The monoisotopic (exact) mass is 377 g/mol. The molecule has 2 rings (SSSR count). The Hall–Kier alpha value is -0.490. The van der Waals surface area contributed by atoms with Crippen molar-refractivity contribution in [2.45, 2.75) is 6.54 Å². The minimum atomic E-state index is 0.713. The molecule has 0 amide bonds. The normalized spacial score (nSPS) is 10.3. The molecule has 0 spiro atoms. The zero-order valence-corrected chi connectivity index (χ0v) is 11.6. The first-order valence-corrected chi connectivity index (χ1v) is 6.35. The zero-order chi connectivity index (χ0) is 10.7. The highest BCUT2D eigenvalue weighted by molar-refractivity contribution is 14.1. The Balaban J connectivity index is 1.96. The molecule has 1 aromatic carbocycles. The average Bonchev–Trinajstić information content (AvgIpc) is 2.64. The molecular formula is C11H9BrINO. The Morgan fingerprint density at radius 2 is 1.87 bits per heavy atom. The number of rotatable bonds is 3. The van der Waals surface area contributed by atoms with Gasteiger partial charge < -0.3 is 9.73 Å². The van der Waals surface area contributed by atoms with Crippen molar-refractivity contribution in [2.75, 3.05) is 5.32 Å². The van der Waals surface area contributed by atoms with Crippen LogP contribution >= 0.6 is 38.5 Å². The molecule has 0 fully saturated rings. The third kappa shape index (κ3) is 3.24. The summed E-state index contributed by atoms with van der Waals surface area (Å²) in [6, 6.07) is 12.0. The number of furan rings is 1. The van der Waals surface area contributed by atoms with E-state index in [1.54, 1.807) is 0 Å². The Morgan fingerprint density at radius 1 is 1.13 bits per heavy atom. The minimum Gasteiger partial charge on any atom is -0.454 e. The maximum absolute atomic E-state index is 5.44. The van der Waals surface area contributed by atoms with Crippen molar-refractivity contribution in [3.8, 4) is 0 Å². The third-order valence-corrected chi connectivity index (χ3v) is 3.05. The van der Waals surface area contributed by atoms with Crippen LogP contribution in [0.1, 0.15) is 5.76 Å². The first-order valence-electron chi connectivity index (χ1n) is 4.48. The van der Waals surface area contributed by atoms with Crippen molar-refractivity contribution in [3.63, 3.8) is 0 Å².